The molecule has 0 aromatic rings. The third-order valence-electron chi connectivity index (χ3n) is 5.70. The van der Waals surface area contributed by atoms with Crippen LogP contribution in [0.1, 0.15) is 60.3 Å². The topological polar surface area (TPSA) is 169 Å². The lowest BCUT2D eigenvalue weighted by molar-refractivity contribution is -0.155. The zero-order valence-corrected chi connectivity index (χ0v) is 25.2. The van der Waals surface area contributed by atoms with Gasteiger partial charge in [-0.15, -0.1) is 0 Å². The molecule has 224 valence electrons. The molecule has 40 heavy (non-hydrogen) atoms. The molecule has 4 N–H and O–H groups in total. The second kappa shape index (κ2) is 15.9. The van der Waals surface area contributed by atoms with Crippen LogP contribution in [-0.2, 0) is 38.2 Å². The number of esters is 2. The van der Waals surface area contributed by atoms with Crippen molar-refractivity contribution in [2.45, 2.75) is 90.1 Å². The van der Waals surface area contributed by atoms with Gasteiger partial charge in [-0.2, -0.15) is 0 Å². The lowest BCUT2D eigenvalue weighted by atomic mass is 10.0. The van der Waals surface area contributed by atoms with Crippen molar-refractivity contribution in [1.29, 1.82) is 0 Å². The minimum absolute atomic E-state index is 0.0833. The lowest BCUT2D eigenvalue weighted by Crippen LogP contribution is -2.59. The van der Waals surface area contributed by atoms with Gasteiger partial charge in [-0.3, -0.25) is 28.8 Å². The molecule has 0 spiro atoms. The largest absolute Gasteiger partial charge is 0.460 e. The van der Waals surface area contributed by atoms with Crippen molar-refractivity contribution in [2.24, 2.45) is 5.92 Å². The van der Waals surface area contributed by atoms with E-state index in [2.05, 4.69) is 21.3 Å². The number of carbonyl (C=O) groups excluding carboxylic acids is 6. The Labute approximate surface area is 242 Å². The molecule has 0 aromatic heterocycles. The van der Waals surface area contributed by atoms with Gasteiger partial charge in [-0.1, -0.05) is 41.5 Å². The third-order valence-corrected chi connectivity index (χ3v) is 8.15. The molecule has 0 aromatic carbocycles. The Bertz CT molecular complexity index is 982. The van der Waals surface area contributed by atoms with Crippen molar-refractivity contribution < 1.29 is 38.2 Å². The van der Waals surface area contributed by atoms with E-state index in [0.717, 1.165) is 0 Å². The summed E-state index contributed by atoms with van der Waals surface area (Å²) in [5, 5.41) is 10.5. The van der Waals surface area contributed by atoms with Crippen molar-refractivity contribution in [1.82, 2.24) is 21.3 Å². The van der Waals surface area contributed by atoms with Crippen LogP contribution in [0.5, 0.6) is 0 Å². The highest BCUT2D eigenvalue weighted by Crippen LogP contribution is 2.24. The minimum Gasteiger partial charge on any atom is -0.460 e. The first-order valence-corrected chi connectivity index (χ1v) is 15.7. The SMILES string of the molecule is CC(C)[C@H]1NC(=O)[C@H]2CSSCCC=C[C@H](CC(=O)N[C@H](CCC(=O)OC(C)(C)C)C(=O)N2)OC(=O)CNC1=O. The molecule has 4 amide bonds. The quantitative estimate of drug-likeness (QED) is 0.207. The van der Waals surface area contributed by atoms with E-state index in [-0.39, 0.29) is 30.9 Å². The molecule has 2 heterocycles. The summed E-state index contributed by atoms with van der Waals surface area (Å²) >= 11 is 0. The predicted molar refractivity (Wildman–Crippen MR) is 152 cm³/mol. The zero-order valence-electron chi connectivity index (χ0n) is 23.6. The first-order valence-electron chi connectivity index (χ1n) is 13.3. The van der Waals surface area contributed by atoms with Crippen LogP contribution in [0, 0.1) is 5.92 Å². The van der Waals surface area contributed by atoms with E-state index >= 15 is 0 Å². The maximum Gasteiger partial charge on any atom is 0.326 e. The van der Waals surface area contributed by atoms with Crippen LogP contribution in [0.4, 0.5) is 0 Å². The monoisotopic (exact) mass is 600 g/mol. The molecule has 2 aliphatic rings. The summed E-state index contributed by atoms with van der Waals surface area (Å²) in [5.74, 6) is -3.20. The van der Waals surface area contributed by atoms with E-state index in [0.29, 0.717) is 12.2 Å². The number of carbonyl (C=O) groups is 6. The van der Waals surface area contributed by atoms with Gasteiger partial charge in [0.25, 0.3) is 0 Å². The Morgan fingerprint density at radius 3 is 2.45 bits per heavy atom. The van der Waals surface area contributed by atoms with Gasteiger partial charge >= 0.3 is 11.9 Å². The molecule has 1 fully saturated rings. The Balaban J connectivity index is 2.42. The van der Waals surface area contributed by atoms with E-state index in [1.807, 2.05) is 0 Å². The first kappa shape index (κ1) is 33.5. The number of allylic oxidation sites excluding steroid dienone is 1. The van der Waals surface area contributed by atoms with Gasteiger partial charge in [0.15, 0.2) is 0 Å². The average molecular weight is 601 g/mol. The summed E-state index contributed by atoms with van der Waals surface area (Å²) in [5.41, 5.74) is -0.726. The number of ether oxygens (including phenoxy) is 2. The third kappa shape index (κ3) is 12.2. The average Bonchev–Trinajstić information content (AvgIpc) is 2.84. The summed E-state index contributed by atoms with van der Waals surface area (Å²) in [6, 6.07) is -3.18. The molecular weight excluding hydrogens is 560 g/mol. The molecule has 0 unspecified atom stereocenters. The van der Waals surface area contributed by atoms with Crippen molar-refractivity contribution in [3.8, 4) is 0 Å². The molecular formula is C26H40N4O8S2. The van der Waals surface area contributed by atoms with Crippen LogP contribution in [-0.4, -0.2) is 83.4 Å². The van der Waals surface area contributed by atoms with Gasteiger partial charge < -0.3 is 30.7 Å². The van der Waals surface area contributed by atoms with Crippen molar-refractivity contribution >= 4 is 57.2 Å². The van der Waals surface area contributed by atoms with E-state index in [4.69, 9.17) is 9.47 Å². The van der Waals surface area contributed by atoms with Crippen molar-refractivity contribution in [2.75, 3.05) is 18.1 Å². The highest BCUT2D eigenvalue weighted by Gasteiger charge is 2.32. The van der Waals surface area contributed by atoms with Crippen molar-refractivity contribution in [3.05, 3.63) is 12.2 Å². The molecule has 0 radical (unpaired) electrons. The smallest absolute Gasteiger partial charge is 0.326 e. The van der Waals surface area contributed by atoms with Crippen LogP contribution in [0.25, 0.3) is 0 Å². The van der Waals surface area contributed by atoms with Gasteiger partial charge in [0, 0.05) is 17.9 Å². The molecule has 12 nitrogen and oxygen atoms in total. The zero-order chi connectivity index (χ0) is 29.9. The number of hydrogen-bond acceptors (Lipinski definition) is 10. The molecule has 14 heteroatoms. The Morgan fingerprint density at radius 2 is 1.77 bits per heavy atom. The molecule has 4 atom stereocenters. The highest BCUT2D eigenvalue weighted by atomic mass is 33.1. The van der Waals surface area contributed by atoms with Crippen LogP contribution in [0.2, 0.25) is 0 Å². The summed E-state index contributed by atoms with van der Waals surface area (Å²) in [6.07, 6.45) is 2.53. The van der Waals surface area contributed by atoms with Crippen molar-refractivity contribution in [3.63, 3.8) is 0 Å². The molecule has 0 saturated carbocycles. The standard InChI is InChI=1S/C26H40N4O8S2/c1-15(2)22-25(36)27-13-21(33)37-16-8-6-7-11-39-40-14-18(24(35)30-22)29-23(34)17(28-19(31)12-16)9-10-20(32)38-26(3,4)5/h6,8,15-18,22H,7,9-14H2,1-5H3,(H,27,36)(H,28,31)(H,29,34)(H,30,35)/t16-,17-,18-,22-/m1/s1. The Kier molecular flexibility index (Phi) is 13.3. The molecule has 2 rings (SSSR count). The second-order valence-corrected chi connectivity index (χ2v) is 13.4. The highest BCUT2D eigenvalue weighted by molar-refractivity contribution is 8.76. The van der Waals surface area contributed by atoms with Crippen LogP contribution in [0.3, 0.4) is 0 Å². The van der Waals surface area contributed by atoms with Crippen LogP contribution >= 0.6 is 21.6 Å². The molecule has 2 aliphatic heterocycles. The fourth-order valence-corrected chi connectivity index (χ4v) is 5.93. The molecule has 1 saturated heterocycles. The van der Waals surface area contributed by atoms with Crippen LogP contribution in [0.15, 0.2) is 12.2 Å². The summed E-state index contributed by atoms with van der Waals surface area (Å²) in [4.78, 5) is 77.4. The lowest BCUT2D eigenvalue weighted by Gasteiger charge is -2.27. The second-order valence-electron chi connectivity index (χ2n) is 10.8. The number of rotatable bonds is 4. The van der Waals surface area contributed by atoms with Gasteiger partial charge in [0.05, 0.1) is 6.42 Å². The number of fused-ring (bicyclic) bond motifs is 7. The molecule has 2 bridgehead atoms. The van der Waals surface area contributed by atoms with Gasteiger partial charge in [-0.25, -0.2) is 0 Å². The normalized spacial score (nSPS) is 26.1. The Morgan fingerprint density at radius 1 is 1.05 bits per heavy atom. The predicted octanol–water partition coefficient (Wildman–Crippen LogP) is 0.992. The summed E-state index contributed by atoms with van der Waals surface area (Å²) in [7, 11) is 2.87. The number of nitrogens with one attached hydrogen (secondary N) is 4. The van der Waals surface area contributed by atoms with E-state index in [9.17, 15) is 28.8 Å². The van der Waals surface area contributed by atoms with Crippen LogP contribution < -0.4 is 21.3 Å². The summed E-state index contributed by atoms with van der Waals surface area (Å²) < 4.78 is 10.8. The molecule has 0 aliphatic carbocycles. The Hall–Kier alpha value is -2.74. The van der Waals surface area contributed by atoms with E-state index < -0.39 is 71.9 Å². The minimum atomic E-state index is -1.17. The fraction of sp³-hybridized carbons (Fsp3) is 0.692. The fourth-order valence-electron chi connectivity index (χ4n) is 3.77. The summed E-state index contributed by atoms with van der Waals surface area (Å²) in [6.45, 7) is 8.19. The number of hydrogen-bond donors (Lipinski definition) is 4. The van der Waals surface area contributed by atoms with Gasteiger partial charge in [0.2, 0.25) is 23.6 Å². The van der Waals surface area contributed by atoms with Gasteiger partial charge in [-0.05, 0) is 45.6 Å². The maximum atomic E-state index is 13.4. The van der Waals surface area contributed by atoms with Gasteiger partial charge in [0.1, 0.15) is 36.4 Å². The van der Waals surface area contributed by atoms with E-state index in [1.165, 1.54) is 21.6 Å². The first-order chi connectivity index (χ1) is 18.7. The maximum absolute atomic E-state index is 13.4. The number of amides is 4. The van der Waals surface area contributed by atoms with E-state index in [1.54, 1.807) is 46.8 Å².